The first-order valence-electron chi connectivity index (χ1n) is 15.6. The largest absolute Gasteiger partial charge is 0.490 e. The monoisotopic (exact) mass is 618 g/mol. The topological polar surface area (TPSA) is 125 Å². The number of morpholine rings is 1. The van der Waals surface area contributed by atoms with Crippen LogP contribution in [0, 0.1) is 0 Å². The van der Waals surface area contributed by atoms with Gasteiger partial charge in [-0.05, 0) is 53.8 Å². The molecule has 0 radical (unpaired) electrons. The van der Waals surface area contributed by atoms with Gasteiger partial charge in [0.05, 0.1) is 6.10 Å². The van der Waals surface area contributed by atoms with E-state index in [0.29, 0.717) is 25.3 Å². The number of aromatic nitrogens is 1. The molecule has 4 aromatic carbocycles. The van der Waals surface area contributed by atoms with Crippen LogP contribution in [0.2, 0.25) is 0 Å². The fourth-order valence-corrected chi connectivity index (χ4v) is 6.13. The Labute approximate surface area is 267 Å². The summed E-state index contributed by atoms with van der Waals surface area (Å²) in [4.78, 5) is 29.1. The number of carbonyl (C=O) groups excluding carboxylic acids is 1. The summed E-state index contributed by atoms with van der Waals surface area (Å²) < 4.78 is 12.5. The molecule has 46 heavy (non-hydrogen) atoms. The lowest BCUT2D eigenvalue weighted by Gasteiger charge is -2.31. The van der Waals surface area contributed by atoms with E-state index in [0.717, 1.165) is 46.3 Å². The van der Waals surface area contributed by atoms with E-state index in [9.17, 15) is 14.7 Å². The quantitative estimate of drug-likeness (QED) is 0.118. The van der Waals surface area contributed by atoms with E-state index >= 15 is 0 Å². The second-order valence-corrected chi connectivity index (χ2v) is 11.5. The van der Waals surface area contributed by atoms with Gasteiger partial charge in [-0.2, -0.15) is 0 Å². The predicted octanol–water partition coefficient (Wildman–Crippen LogP) is 5.94. The third kappa shape index (κ3) is 7.56. The number of hydrogen-bond donors (Lipinski definition) is 5. The number of ether oxygens (including phenoxy) is 2. The minimum Gasteiger partial charge on any atom is -0.490 e. The Bertz CT molecular complexity index is 1700. The molecule has 0 spiro atoms. The molecular weight excluding hydrogens is 580 g/mol. The molecule has 2 amide bonds. The molecule has 3 atom stereocenters. The highest BCUT2D eigenvalue weighted by atomic mass is 16.5. The molecule has 1 aromatic heterocycles. The highest BCUT2D eigenvalue weighted by Crippen LogP contribution is 2.30. The Balaban J connectivity index is 1.12. The zero-order valence-electron chi connectivity index (χ0n) is 25.4. The highest BCUT2D eigenvalue weighted by Gasteiger charge is 2.33. The number of amides is 2. The van der Waals surface area contributed by atoms with E-state index in [-0.39, 0.29) is 12.2 Å². The zero-order valence-corrected chi connectivity index (χ0v) is 25.4. The summed E-state index contributed by atoms with van der Waals surface area (Å²) in [6.07, 6.45) is 1.90. The first-order valence-corrected chi connectivity index (χ1v) is 15.6. The molecule has 236 valence electrons. The molecule has 2 heterocycles. The van der Waals surface area contributed by atoms with Gasteiger partial charge in [0.2, 0.25) is 5.91 Å². The molecule has 1 aliphatic heterocycles. The lowest BCUT2D eigenvalue weighted by atomic mass is 9.84. The number of aromatic amines is 1. The standard InChI is InChI=1S/C37H38N4O5/c42-36(35(41-37(43)44)34(26-11-3-1-4-12-26)27-13-5-2-6-14-27)40-31-15-8-7-10-25(31)18-19-28-22-38-23-29(46-28)24-45-33-17-9-16-32-30(33)20-21-39-32/h1-17,20-21,28-29,34-35,38-39,41H,18-19,22-24H2,(H,40,42)(H,43,44)/t28-,29+,35?/m1/s1. The van der Waals surface area contributed by atoms with Crippen molar-refractivity contribution in [2.75, 3.05) is 25.0 Å². The number of para-hydroxylation sites is 1. The Kier molecular flexibility index (Phi) is 9.92. The molecule has 9 nitrogen and oxygen atoms in total. The lowest BCUT2D eigenvalue weighted by molar-refractivity contribution is -0.118. The number of aryl methyl sites for hydroxylation is 1. The van der Waals surface area contributed by atoms with Crippen molar-refractivity contribution in [2.24, 2.45) is 0 Å². The van der Waals surface area contributed by atoms with E-state index < -0.39 is 24.0 Å². The van der Waals surface area contributed by atoms with Crippen molar-refractivity contribution in [1.82, 2.24) is 15.6 Å². The minimum absolute atomic E-state index is 0.0314. The van der Waals surface area contributed by atoms with Crippen LogP contribution < -0.4 is 20.7 Å². The van der Waals surface area contributed by atoms with Crippen LogP contribution in [-0.2, 0) is 16.0 Å². The number of benzene rings is 4. The number of nitrogens with one attached hydrogen (secondary N) is 4. The van der Waals surface area contributed by atoms with Gasteiger partial charge in [-0.3, -0.25) is 4.79 Å². The van der Waals surface area contributed by atoms with Crippen molar-refractivity contribution in [3.05, 3.63) is 132 Å². The van der Waals surface area contributed by atoms with Gasteiger partial charge in [0, 0.05) is 41.8 Å². The summed E-state index contributed by atoms with van der Waals surface area (Å²) in [6.45, 7) is 1.86. The van der Waals surface area contributed by atoms with Crippen molar-refractivity contribution >= 4 is 28.6 Å². The van der Waals surface area contributed by atoms with Gasteiger partial charge in [0.25, 0.3) is 0 Å². The maximum absolute atomic E-state index is 13.9. The molecule has 0 aliphatic carbocycles. The smallest absolute Gasteiger partial charge is 0.405 e. The minimum atomic E-state index is -1.27. The Morgan fingerprint density at radius 1 is 0.848 bits per heavy atom. The van der Waals surface area contributed by atoms with Gasteiger partial charge in [0.1, 0.15) is 24.5 Å². The number of rotatable bonds is 12. The molecule has 0 saturated carbocycles. The van der Waals surface area contributed by atoms with E-state index in [1.165, 1.54) is 0 Å². The number of anilines is 1. The first kappa shape index (κ1) is 30.9. The number of hydrogen-bond acceptors (Lipinski definition) is 5. The number of fused-ring (bicyclic) bond motifs is 1. The van der Waals surface area contributed by atoms with Gasteiger partial charge in [-0.1, -0.05) is 84.9 Å². The molecular formula is C37H38N4O5. The number of carbonyl (C=O) groups is 2. The van der Waals surface area contributed by atoms with Crippen molar-refractivity contribution in [3.8, 4) is 5.75 Å². The highest BCUT2D eigenvalue weighted by molar-refractivity contribution is 5.98. The molecule has 1 fully saturated rings. The maximum atomic E-state index is 13.9. The second kappa shape index (κ2) is 14.8. The van der Waals surface area contributed by atoms with Gasteiger partial charge in [-0.15, -0.1) is 0 Å². The molecule has 0 bridgehead atoms. The zero-order chi connectivity index (χ0) is 31.7. The van der Waals surface area contributed by atoms with Gasteiger partial charge >= 0.3 is 6.09 Å². The van der Waals surface area contributed by atoms with Crippen LogP contribution in [0.1, 0.15) is 29.0 Å². The SMILES string of the molecule is O=C(O)NC(C(=O)Nc1ccccc1CC[C@@H]1CNC[C@@H](COc2cccc3[nH]ccc23)O1)C(c1ccccc1)c1ccccc1. The molecule has 9 heteroatoms. The Morgan fingerprint density at radius 3 is 2.28 bits per heavy atom. The predicted molar refractivity (Wildman–Crippen MR) is 178 cm³/mol. The summed E-state index contributed by atoms with van der Waals surface area (Å²) in [5.41, 5.74) is 4.29. The van der Waals surface area contributed by atoms with Crippen molar-refractivity contribution in [1.29, 1.82) is 0 Å². The normalized spacial score (nSPS) is 17.0. The van der Waals surface area contributed by atoms with E-state index in [1.54, 1.807) is 0 Å². The van der Waals surface area contributed by atoms with Crippen molar-refractivity contribution in [2.45, 2.75) is 37.0 Å². The van der Waals surface area contributed by atoms with Crippen LogP contribution in [0.5, 0.6) is 5.75 Å². The van der Waals surface area contributed by atoms with Crippen LogP contribution in [0.3, 0.4) is 0 Å². The van der Waals surface area contributed by atoms with Crippen molar-refractivity contribution < 1.29 is 24.2 Å². The fourth-order valence-electron chi connectivity index (χ4n) is 6.13. The average Bonchev–Trinajstić information content (AvgIpc) is 3.58. The number of H-pyrrole nitrogens is 1. The van der Waals surface area contributed by atoms with Gasteiger partial charge in [-0.25, -0.2) is 4.79 Å². The molecule has 1 saturated heterocycles. The van der Waals surface area contributed by atoms with E-state index in [2.05, 4.69) is 20.9 Å². The van der Waals surface area contributed by atoms with Crippen LogP contribution in [-0.4, -0.2) is 60.0 Å². The van der Waals surface area contributed by atoms with Crippen LogP contribution >= 0.6 is 0 Å². The summed E-state index contributed by atoms with van der Waals surface area (Å²) in [6, 6.07) is 33.5. The second-order valence-electron chi connectivity index (χ2n) is 11.5. The van der Waals surface area contributed by atoms with Gasteiger partial charge < -0.3 is 35.5 Å². The third-order valence-electron chi connectivity index (χ3n) is 8.33. The fraction of sp³-hybridized carbons (Fsp3) is 0.243. The summed E-state index contributed by atoms with van der Waals surface area (Å²) in [5, 5.41) is 19.8. The molecule has 5 N–H and O–H groups in total. The third-order valence-corrected chi connectivity index (χ3v) is 8.33. The van der Waals surface area contributed by atoms with Crippen LogP contribution in [0.4, 0.5) is 10.5 Å². The van der Waals surface area contributed by atoms with Crippen molar-refractivity contribution in [3.63, 3.8) is 0 Å². The summed E-state index contributed by atoms with van der Waals surface area (Å²) in [5.74, 6) is -0.139. The molecule has 1 unspecified atom stereocenters. The van der Waals surface area contributed by atoms with Gasteiger partial charge in [0.15, 0.2) is 0 Å². The molecule has 6 rings (SSSR count). The van der Waals surface area contributed by atoms with Crippen LogP contribution in [0.25, 0.3) is 10.9 Å². The first-order chi connectivity index (χ1) is 22.5. The average molecular weight is 619 g/mol. The van der Waals surface area contributed by atoms with Crippen LogP contribution in [0.15, 0.2) is 115 Å². The summed E-state index contributed by atoms with van der Waals surface area (Å²) in [7, 11) is 0. The maximum Gasteiger partial charge on any atom is 0.405 e. The van der Waals surface area contributed by atoms with E-state index in [1.807, 2.05) is 115 Å². The molecule has 1 aliphatic rings. The Hall–Kier alpha value is -5.12. The summed E-state index contributed by atoms with van der Waals surface area (Å²) >= 11 is 0. The van der Waals surface area contributed by atoms with E-state index in [4.69, 9.17) is 9.47 Å². The molecule has 5 aromatic rings. The number of carboxylic acid groups (broad SMARTS) is 1. The Morgan fingerprint density at radius 2 is 1.54 bits per heavy atom. The lowest BCUT2D eigenvalue weighted by Crippen LogP contribution is -2.47.